The van der Waals surface area contributed by atoms with Crippen LogP contribution in [-0.2, 0) is 10.0 Å². The number of nitrogens with zero attached hydrogens (tertiary/aromatic N) is 1. The summed E-state index contributed by atoms with van der Waals surface area (Å²) in [5.74, 6) is -0.597. The zero-order valence-electron chi connectivity index (χ0n) is 10.5. The van der Waals surface area contributed by atoms with Crippen LogP contribution in [-0.4, -0.2) is 13.4 Å². The van der Waals surface area contributed by atoms with E-state index in [1.165, 1.54) is 12.3 Å². The maximum atomic E-state index is 13.0. The molecular formula is C13H13FN2O2S. The van der Waals surface area contributed by atoms with E-state index in [0.717, 1.165) is 23.4 Å². The average Bonchev–Trinajstić information content (AvgIpc) is 2.32. The van der Waals surface area contributed by atoms with E-state index in [0.29, 0.717) is 0 Å². The highest BCUT2D eigenvalue weighted by Crippen LogP contribution is 2.18. The predicted molar refractivity (Wildman–Crippen MR) is 70.9 cm³/mol. The van der Waals surface area contributed by atoms with Crippen LogP contribution in [0.15, 0.2) is 41.6 Å². The Balaban J connectivity index is 2.35. The van der Waals surface area contributed by atoms with E-state index in [1.54, 1.807) is 12.1 Å². The summed E-state index contributed by atoms with van der Waals surface area (Å²) in [7, 11) is -3.73. The molecule has 1 aromatic carbocycles. The quantitative estimate of drug-likeness (QED) is 0.940. The first kappa shape index (κ1) is 13.5. The van der Waals surface area contributed by atoms with E-state index in [9.17, 15) is 12.8 Å². The van der Waals surface area contributed by atoms with Crippen molar-refractivity contribution in [1.82, 2.24) is 4.98 Å². The number of benzene rings is 1. The van der Waals surface area contributed by atoms with Crippen LogP contribution in [0.3, 0.4) is 0 Å². The molecule has 0 amide bonds. The molecular weight excluding hydrogens is 267 g/mol. The lowest BCUT2D eigenvalue weighted by Crippen LogP contribution is -2.13. The van der Waals surface area contributed by atoms with Crippen molar-refractivity contribution in [3.8, 4) is 0 Å². The molecule has 100 valence electrons. The van der Waals surface area contributed by atoms with Crippen molar-refractivity contribution in [2.45, 2.75) is 18.7 Å². The first-order valence-corrected chi connectivity index (χ1v) is 7.07. The van der Waals surface area contributed by atoms with Crippen molar-refractivity contribution in [3.63, 3.8) is 0 Å². The number of halogens is 1. The van der Waals surface area contributed by atoms with Gasteiger partial charge in [-0.2, -0.15) is 0 Å². The highest BCUT2D eigenvalue weighted by molar-refractivity contribution is 7.92. The summed E-state index contributed by atoms with van der Waals surface area (Å²) < 4.78 is 39.5. The van der Waals surface area contributed by atoms with Gasteiger partial charge in [0, 0.05) is 6.07 Å². The first-order chi connectivity index (χ1) is 8.88. The van der Waals surface area contributed by atoms with Gasteiger partial charge < -0.3 is 0 Å². The van der Waals surface area contributed by atoms with Crippen molar-refractivity contribution >= 4 is 15.7 Å². The van der Waals surface area contributed by atoms with Gasteiger partial charge in [-0.1, -0.05) is 6.07 Å². The highest BCUT2D eigenvalue weighted by Gasteiger charge is 2.15. The van der Waals surface area contributed by atoms with E-state index in [2.05, 4.69) is 9.71 Å². The summed E-state index contributed by atoms with van der Waals surface area (Å²) in [6, 6.07) is 5.89. The standard InChI is InChI=1S/C13H13FN2O2S/c1-9-3-4-13(5-10(9)2)19(17,18)16-12-6-11(14)7-15-8-12/h3-8,16H,1-2H3. The van der Waals surface area contributed by atoms with Gasteiger partial charge in [-0.3, -0.25) is 9.71 Å². The molecule has 2 aromatic rings. The topological polar surface area (TPSA) is 59.1 Å². The number of anilines is 1. The van der Waals surface area contributed by atoms with Gasteiger partial charge in [0.2, 0.25) is 0 Å². The number of hydrogen-bond acceptors (Lipinski definition) is 3. The molecule has 0 aliphatic carbocycles. The Morgan fingerprint density at radius 2 is 1.84 bits per heavy atom. The third-order valence-corrected chi connectivity index (χ3v) is 4.12. The van der Waals surface area contributed by atoms with Crippen LogP contribution in [0.5, 0.6) is 0 Å². The Morgan fingerprint density at radius 3 is 2.47 bits per heavy atom. The van der Waals surface area contributed by atoms with Crippen LogP contribution >= 0.6 is 0 Å². The Bertz CT molecular complexity index is 714. The van der Waals surface area contributed by atoms with Crippen LogP contribution in [0.2, 0.25) is 0 Å². The second-order valence-corrected chi connectivity index (χ2v) is 5.93. The van der Waals surface area contributed by atoms with Crippen LogP contribution in [0.25, 0.3) is 0 Å². The van der Waals surface area contributed by atoms with Crippen LogP contribution in [0, 0.1) is 19.7 Å². The normalized spacial score (nSPS) is 11.3. The van der Waals surface area contributed by atoms with Gasteiger partial charge in [0.25, 0.3) is 10.0 Å². The molecule has 1 heterocycles. The molecule has 0 aliphatic heterocycles. The Morgan fingerprint density at radius 1 is 1.11 bits per heavy atom. The van der Waals surface area contributed by atoms with Gasteiger partial charge in [0.05, 0.1) is 23.0 Å². The molecule has 6 heteroatoms. The first-order valence-electron chi connectivity index (χ1n) is 5.59. The van der Waals surface area contributed by atoms with Gasteiger partial charge >= 0.3 is 0 Å². The van der Waals surface area contributed by atoms with Crippen molar-refractivity contribution in [2.75, 3.05) is 4.72 Å². The van der Waals surface area contributed by atoms with E-state index in [4.69, 9.17) is 0 Å². The predicted octanol–water partition coefficient (Wildman–Crippen LogP) is 2.64. The van der Waals surface area contributed by atoms with E-state index >= 15 is 0 Å². The molecule has 0 spiro atoms. The molecule has 2 rings (SSSR count). The maximum Gasteiger partial charge on any atom is 0.261 e. The largest absolute Gasteiger partial charge is 0.278 e. The van der Waals surface area contributed by atoms with Crippen LogP contribution in [0.4, 0.5) is 10.1 Å². The number of rotatable bonds is 3. The summed E-state index contributed by atoms with van der Waals surface area (Å²) in [5.41, 5.74) is 1.98. The molecule has 0 atom stereocenters. The Kier molecular flexibility index (Phi) is 3.53. The minimum Gasteiger partial charge on any atom is -0.278 e. The molecule has 0 bridgehead atoms. The molecule has 1 N–H and O–H groups in total. The van der Waals surface area contributed by atoms with E-state index in [-0.39, 0.29) is 10.6 Å². The summed E-state index contributed by atoms with van der Waals surface area (Å²) in [4.78, 5) is 3.73. The molecule has 0 saturated carbocycles. The molecule has 0 unspecified atom stereocenters. The van der Waals surface area contributed by atoms with E-state index < -0.39 is 15.8 Å². The Labute approximate surface area is 111 Å². The van der Waals surface area contributed by atoms with Crippen molar-refractivity contribution in [1.29, 1.82) is 0 Å². The third-order valence-electron chi connectivity index (χ3n) is 2.75. The summed E-state index contributed by atoms with van der Waals surface area (Å²) in [6.45, 7) is 3.73. The molecule has 0 radical (unpaired) electrons. The van der Waals surface area contributed by atoms with Gasteiger partial charge in [0.1, 0.15) is 5.82 Å². The number of pyridine rings is 1. The number of hydrogen-bond donors (Lipinski definition) is 1. The molecule has 0 fully saturated rings. The molecule has 19 heavy (non-hydrogen) atoms. The minimum atomic E-state index is -3.73. The third kappa shape index (κ3) is 3.08. The Hall–Kier alpha value is -1.95. The van der Waals surface area contributed by atoms with Gasteiger partial charge in [0.15, 0.2) is 0 Å². The summed E-state index contributed by atoms with van der Waals surface area (Å²) >= 11 is 0. The summed E-state index contributed by atoms with van der Waals surface area (Å²) in [5, 5.41) is 0. The fourth-order valence-corrected chi connectivity index (χ4v) is 2.68. The number of sulfonamides is 1. The molecule has 0 saturated heterocycles. The zero-order valence-corrected chi connectivity index (χ0v) is 11.3. The smallest absolute Gasteiger partial charge is 0.261 e. The number of aryl methyl sites for hydroxylation is 2. The van der Waals surface area contributed by atoms with Crippen LogP contribution < -0.4 is 4.72 Å². The molecule has 1 aromatic heterocycles. The molecule has 0 aliphatic rings. The molecule has 4 nitrogen and oxygen atoms in total. The van der Waals surface area contributed by atoms with Crippen LogP contribution in [0.1, 0.15) is 11.1 Å². The lowest BCUT2D eigenvalue weighted by molar-refractivity contribution is 0.600. The maximum absolute atomic E-state index is 13.0. The lowest BCUT2D eigenvalue weighted by atomic mass is 10.1. The SMILES string of the molecule is Cc1ccc(S(=O)(=O)Nc2cncc(F)c2)cc1C. The van der Waals surface area contributed by atoms with Crippen molar-refractivity contribution < 1.29 is 12.8 Å². The fourth-order valence-electron chi connectivity index (χ4n) is 1.56. The van der Waals surface area contributed by atoms with Crippen molar-refractivity contribution in [2.24, 2.45) is 0 Å². The lowest BCUT2D eigenvalue weighted by Gasteiger charge is -2.09. The van der Waals surface area contributed by atoms with Gasteiger partial charge in [-0.05, 0) is 37.1 Å². The van der Waals surface area contributed by atoms with Gasteiger partial charge in [-0.25, -0.2) is 12.8 Å². The monoisotopic (exact) mass is 280 g/mol. The number of aromatic nitrogens is 1. The van der Waals surface area contributed by atoms with Gasteiger partial charge in [-0.15, -0.1) is 0 Å². The second-order valence-electron chi connectivity index (χ2n) is 4.24. The minimum absolute atomic E-state index is 0.0956. The van der Waals surface area contributed by atoms with Crippen molar-refractivity contribution in [3.05, 3.63) is 53.6 Å². The van der Waals surface area contributed by atoms with E-state index in [1.807, 2.05) is 13.8 Å². The highest BCUT2D eigenvalue weighted by atomic mass is 32.2. The number of nitrogens with one attached hydrogen (secondary N) is 1. The second kappa shape index (κ2) is 4.97. The average molecular weight is 280 g/mol. The fraction of sp³-hybridized carbons (Fsp3) is 0.154. The summed E-state index contributed by atoms with van der Waals surface area (Å²) in [6.07, 6.45) is 2.26. The zero-order chi connectivity index (χ0) is 14.0.